The summed E-state index contributed by atoms with van der Waals surface area (Å²) in [6.07, 6.45) is 13.0. The molecule has 0 spiro atoms. The van der Waals surface area contributed by atoms with E-state index in [1.807, 2.05) is 0 Å². The van der Waals surface area contributed by atoms with E-state index in [1.54, 1.807) is 11.5 Å². The number of aliphatic hydroxyl groups excluding tert-OH is 1. The molecule has 0 atom stereocenters. The smallest absolute Gasteiger partial charge is 0.354 e. The van der Waals surface area contributed by atoms with E-state index in [0.717, 1.165) is 12.8 Å². The van der Waals surface area contributed by atoms with Gasteiger partial charge in [-0.05, 0) is 13.3 Å². The molecular formula is C19H34N2O3. The van der Waals surface area contributed by atoms with E-state index in [-0.39, 0.29) is 12.3 Å². The molecule has 5 nitrogen and oxygen atoms in total. The van der Waals surface area contributed by atoms with Crippen molar-refractivity contribution < 1.29 is 15.0 Å². The average Bonchev–Trinajstić information content (AvgIpc) is 2.85. The van der Waals surface area contributed by atoms with Crippen LogP contribution in [0.15, 0.2) is 0 Å². The van der Waals surface area contributed by atoms with Crippen molar-refractivity contribution in [2.24, 2.45) is 0 Å². The summed E-state index contributed by atoms with van der Waals surface area (Å²) in [6.45, 7) is 4.63. The average molecular weight is 338 g/mol. The Bertz CT molecular complexity index is 483. The van der Waals surface area contributed by atoms with Crippen LogP contribution in [0, 0.1) is 6.92 Å². The van der Waals surface area contributed by atoms with Crippen LogP contribution in [0.1, 0.15) is 93.1 Å². The van der Waals surface area contributed by atoms with Crippen LogP contribution >= 0.6 is 0 Å². The molecule has 0 aliphatic rings. The fourth-order valence-electron chi connectivity index (χ4n) is 3.19. The summed E-state index contributed by atoms with van der Waals surface area (Å²) >= 11 is 0. The van der Waals surface area contributed by atoms with Gasteiger partial charge in [-0.1, -0.05) is 64.7 Å². The standard InChI is InChI=1S/C19H34N2O3/c1-3-4-5-6-7-8-9-10-11-12-14-21-17(13-15-22)20-16(2)18(21)19(23)24/h22H,3-15H2,1-2H3,(H,23,24). The lowest BCUT2D eigenvalue weighted by Crippen LogP contribution is -2.13. The van der Waals surface area contributed by atoms with Crippen LogP contribution in [0.3, 0.4) is 0 Å². The monoisotopic (exact) mass is 338 g/mol. The first-order chi connectivity index (χ1) is 11.6. The van der Waals surface area contributed by atoms with Crippen LogP contribution in [-0.2, 0) is 13.0 Å². The molecular weight excluding hydrogens is 304 g/mol. The van der Waals surface area contributed by atoms with Crippen LogP contribution in [0.5, 0.6) is 0 Å². The van der Waals surface area contributed by atoms with E-state index < -0.39 is 5.97 Å². The predicted octanol–water partition coefficient (Wildman–Crippen LogP) is 4.35. The van der Waals surface area contributed by atoms with Gasteiger partial charge in [-0.25, -0.2) is 9.78 Å². The number of hydrogen-bond donors (Lipinski definition) is 2. The number of carbonyl (C=O) groups is 1. The molecule has 0 radical (unpaired) electrons. The topological polar surface area (TPSA) is 75.3 Å². The van der Waals surface area contributed by atoms with Crippen LogP contribution < -0.4 is 0 Å². The minimum absolute atomic E-state index is 0.00641. The van der Waals surface area contributed by atoms with Crippen molar-refractivity contribution in [3.05, 3.63) is 17.2 Å². The highest BCUT2D eigenvalue weighted by Gasteiger charge is 2.19. The van der Waals surface area contributed by atoms with Crippen molar-refractivity contribution >= 4 is 5.97 Å². The third kappa shape index (κ3) is 7.04. The van der Waals surface area contributed by atoms with Gasteiger partial charge in [0.25, 0.3) is 0 Å². The van der Waals surface area contributed by atoms with E-state index in [9.17, 15) is 9.90 Å². The van der Waals surface area contributed by atoms with Crippen LogP contribution in [0.4, 0.5) is 0 Å². The summed E-state index contributed by atoms with van der Waals surface area (Å²) < 4.78 is 1.78. The fraction of sp³-hybridized carbons (Fsp3) is 0.789. The second-order valence-electron chi connectivity index (χ2n) is 6.57. The Kier molecular flexibility index (Phi) is 10.4. The van der Waals surface area contributed by atoms with Gasteiger partial charge in [0.15, 0.2) is 0 Å². The van der Waals surface area contributed by atoms with Crippen molar-refractivity contribution in [2.75, 3.05) is 6.61 Å². The molecule has 0 aromatic carbocycles. The van der Waals surface area contributed by atoms with Gasteiger partial charge in [-0.2, -0.15) is 0 Å². The summed E-state index contributed by atoms with van der Waals surface area (Å²) in [4.78, 5) is 15.7. The summed E-state index contributed by atoms with van der Waals surface area (Å²) in [5.74, 6) is -0.250. The number of aromatic nitrogens is 2. The molecule has 0 fully saturated rings. The number of rotatable bonds is 14. The summed E-state index contributed by atoms with van der Waals surface area (Å²) in [6, 6.07) is 0. The Labute approximate surface area is 146 Å². The number of carboxylic acid groups (broad SMARTS) is 1. The first kappa shape index (κ1) is 20.7. The molecule has 2 N–H and O–H groups in total. The van der Waals surface area contributed by atoms with Crippen molar-refractivity contribution in [2.45, 2.75) is 91.0 Å². The number of nitrogens with zero attached hydrogens (tertiary/aromatic N) is 2. The van der Waals surface area contributed by atoms with E-state index in [2.05, 4.69) is 11.9 Å². The Morgan fingerprint density at radius 2 is 1.54 bits per heavy atom. The van der Waals surface area contributed by atoms with Gasteiger partial charge in [0.2, 0.25) is 0 Å². The number of aliphatic hydroxyl groups is 1. The number of aromatic carboxylic acids is 1. The van der Waals surface area contributed by atoms with Crippen molar-refractivity contribution in [1.82, 2.24) is 9.55 Å². The zero-order valence-electron chi connectivity index (χ0n) is 15.4. The molecule has 0 saturated heterocycles. The van der Waals surface area contributed by atoms with Crippen molar-refractivity contribution in [3.8, 4) is 0 Å². The van der Waals surface area contributed by atoms with E-state index in [0.29, 0.717) is 24.5 Å². The zero-order valence-corrected chi connectivity index (χ0v) is 15.4. The lowest BCUT2D eigenvalue weighted by molar-refractivity contribution is 0.0683. The number of hydrogen-bond acceptors (Lipinski definition) is 3. The van der Waals surface area contributed by atoms with Gasteiger partial charge in [-0.15, -0.1) is 0 Å². The normalized spacial score (nSPS) is 11.1. The Morgan fingerprint density at radius 3 is 2.04 bits per heavy atom. The predicted molar refractivity (Wildman–Crippen MR) is 96.6 cm³/mol. The quantitative estimate of drug-likeness (QED) is 0.495. The molecule has 0 aliphatic carbocycles. The molecule has 138 valence electrons. The lowest BCUT2D eigenvalue weighted by Gasteiger charge is -2.09. The third-order valence-corrected chi connectivity index (χ3v) is 4.49. The van der Waals surface area contributed by atoms with Gasteiger partial charge < -0.3 is 14.8 Å². The van der Waals surface area contributed by atoms with Crippen LogP contribution in [0.2, 0.25) is 0 Å². The molecule has 1 aromatic rings. The van der Waals surface area contributed by atoms with Crippen molar-refractivity contribution in [3.63, 3.8) is 0 Å². The number of imidazole rings is 1. The fourth-order valence-corrected chi connectivity index (χ4v) is 3.19. The van der Waals surface area contributed by atoms with Gasteiger partial charge in [0, 0.05) is 13.0 Å². The summed E-state index contributed by atoms with van der Waals surface area (Å²) in [7, 11) is 0. The van der Waals surface area contributed by atoms with Gasteiger partial charge >= 0.3 is 5.97 Å². The third-order valence-electron chi connectivity index (χ3n) is 4.49. The van der Waals surface area contributed by atoms with E-state index in [1.165, 1.54) is 51.4 Å². The maximum Gasteiger partial charge on any atom is 0.354 e. The van der Waals surface area contributed by atoms with Gasteiger partial charge in [0.1, 0.15) is 11.5 Å². The molecule has 0 saturated carbocycles. The highest BCUT2D eigenvalue weighted by molar-refractivity contribution is 5.87. The lowest BCUT2D eigenvalue weighted by atomic mass is 10.1. The van der Waals surface area contributed by atoms with Gasteiger partial charge in [-0.3, -0.25) is 0 Å². The second-order valence-corrected chi connectivity index (χ2v) is 6.57. The van der Waals surface area contributed by atoms with Crippen molar-refractivity contribution in [1.29, 1.82) is 0 Å². The summed E-state index contributed by atoms with van der Waals surface area (Å²) in [5, 5.41) is 18.5. The van der Waals surface area contributed by atoms with Gasteiger partial charge in [0.05, 0.1) is 12.3 Å². The first-order valence-electron chi connectivity index (χ1n) is 9.52. The maximum atomic E-state index is 11.4. The number of unbranched alkanes of at least 4 members (excludes halogenated alkanes) is 9. The molecule has 1 heterocycles. The maximum absolute atomic E-state index is 11.4. The number of carboxylic acids is 1. The Balaban J connectivity index is 2.30. The molecule has 0 amide bonds. The molecule has 24 heavy (non-hydrogen) atoms. The first-order valence-corrected chi connectivity index (χ1v) is 9.52. The molecule has 0 unspecified atom stereocenters. The molecule has 0 aliphatic heterocycles. The second kappa shape index (κ2) is 12.1. The highest BCUT2D eigenvalue weighted by Crippen LogP contribution is 2.15. The van der Waals surface area contributed by atoms with E-state index in [4.69, 9.17) is 5.11 Å². The minimum Gasteiger partial charge on any atom is -0.477 e. The van der Waals surface area contributed by atoms with E-state index >= 15 is 0 Å². The highest BCUT2D eigenvalue weighted by atomic mass is 16.4. The number of aryl methyl sites for hydroxylation is 1. The van der Waals surface area contributed by atoms with Crippen LogP contribution in [0.25, 0.3) is 0 Å². The minimum atomic E-state index is -0.934. The molecule has 0 bridgehead atoms. The molecule has 5 heteroatoms. The largest absolute Gasteiger partial charge is 0.477 e. The van der Waals surface area contributed by atoms with Crippen LogP contribution in [-0.4, -0.2) is 32.3 Å². The Morgan fingerprint density at radius 1 is 1.00 bits per heavy atom. The Hall–Kier alpha value is -1.36. The molecule has 1 aromatic heterocycles. The SMILES string of the molecule is CCCCCCCCCCCCn1c(CCO)nc(C)c1C(=O)O. The zero-order chi connectivity index (χ0) is 17.8. The molecule has 1 rings (SSSR count). The summed E-state index contributed by atoms with van der Waals surface area (Å²) in [5.41, 5.74) is 0.812.